The summed E-state index contributed by atoms with van der Waals surface area (Å²) in [5, 5.41) is 0.323. The summed E-state index contributed by atoms with van der Waals surface area (Å²) in [6.45, 7) is 8.10. The average Bonchev–Trinajstić information content (AvgIpc) is 2.87. The van der Waals surface area contributed by atoms with E-state index < -0.39 is 0 Å². The van der Waals surface area contributed by atoms with Crippen LogP contribution in [-0.2, 0) is 17.8 Å². The summed E-state index contributed by atoms with van der Waals surface area (Å²) in [6.07, 6.45) is 4.28. The van der Waals surface area contributed by atoms with Crippen LogP contribution in [-0.4, -0.2) is 50.5 Å². The second kappa shape index (κ2) is 12.6. The second-order valence-corrected chi connectivity index (χ2v) is 12.1. The third kappa shape index (κ3) is 7.25. The molecule has 0 aromatic heterocycles. The van der Waals surface area contributed by atoms with Crippen molar-refractivity contribution in [2.24, 2.45) is 0 Å². The van der Waals surface area contributed by atoms with Gasteiger partial charge in [0, 0.05) is 29.5 Å². The third-order valence-electron chi connectivity index (χ3n) is 6.45. The molecule has 2 aromatic carbocycles. The first-order valence-corrected chi connectivity index (χ1v) is 13.5. The van der Waals surface area contributed by atoms with Crippen molar-refractivity contribution in [3.8, 4) is 23.0 Å². The molecule has 1 heterocycles. The number of carbonyl (C=O) groups is 1. The molecule has 1 atom stereocenters. The maximum atomic E-state index is 13.0. The number of hydrogen-bond acceptors (Lipinski definition) is 6. The summed E-state index contributed by atoms with van der Waals surface area (Å²) in [6, 6.07) is 10.2. The van der Waals surface area contributed by atoms with Crippen LogP contribution in [0.4, 0.5) is 0 Å². The number of ether oxygens (including phenoxy) is 4. The fourth-order valence-corrected chi connectivity index (χ4v) is 6.05. The SMILES string of the molecule is COc1ccc(C(CCCCC(=O)N2CCc3cc(OC)c(OC)cc3C2)SC(C)(C)C)cc1OC. The molecular weight excluding hydrogens is 474 g/mol. The number of fused-ring (bicyclic) bond motifs is 1. The molecule has 7 heteroatoms. The minimum Gasteiger partial charge on any atom is -0.493 e. The van der Waals surface area contributed by atoms with Gasteiger partial charge in [-0.3, -0.25) is 4.79 Å². The van der Waals surface area contributed by atoms with E-state index in [-0.39, 0.29) is 10.7 Å². The van der Waals surface area contributed by atoms with E-state index >= 15 is 0 Å². The monoisotopic (exact) mass is 515 g/mol. The van der Waals surface area contributed by atoms with Gasteiger partial charge in [0.15, 0.2) is 23.0 Å². The Morgan fingerprint density at radius 3 is 2.11 bits per heavy atom. The van der Waals surface area contributed by atoms with Gasteiger partial charge in [0.25, 0.3) is 0 Å². The zero-order valence-electron chi connectivity index (χ0n) is 22.8. The van der Waals surface area contributed by atoms with Crippen LogP contribution in [0.1, 0.15) is 68.4 Å². The molecule has 2 aromatic rings. The number of carbonyl (C=O) groups excluding carboxylic acids is 1. The van der Waals surface area contributed by atoms with Crippen LogP contribution in [0.2, 0.25) is 0 Å². The molecule has 0 bridgehead atoms. The summed E-state index contributed by atoms with van der Waals surface area (Å²) in [7, 11) is 6.62. The molecule has 0 saturated heterocycles. The molecule has 1 aliphatic heterocycles. The van der Waals surface area contributed by atoms with Crippen molar-refractivity contribution >= 4 is 17.7 Å². The van der Waals surface area contributed by atoms with Gasteiger partial charge >= 0.3 is 0 Å². The summed E-state index contributed by atoms with van der Waals surface area (Å²) in [5.74, 6) is 3.17. The Balaban J connectivity index is 1.58. The van der Waals surface area contributed by atoms with E-state index in [0.29, 0.717) is 24.0 Å². The van der Waals surface area contributed by atoms with Crippen molar-refractivity contribution in [3.05, 3.63) is 47.0 Å². The molecule has 0 aliphatic carbocycles. The molecule has 198 valence electrons. The highest BCUT2D eigenvalue weighted by Gasteiger charge is 2.24. The maximum Gasteiger partial charge on any atom is 0.222 e. The Morgan fingerprint density at radius 2 is 1.50 bits per heavy atom. The van der Waals surface area contributed by atoms with Gasteiger partial charge in [-0.05, 0) is 60.2 Å². The molecule has 0 spiro atoms. The molecule has 0 fully saturated rings. The lowest BCUT2D eigenvalue weighted by Crippen LogP contribution is -2.35. The lowest BCUT2D eigenvalue weighted by Gasteiger charge is -2.30. The van der Waals surface area contributed by atoms with E-state index in [9.17, 15) is 4.79 Å². The molecule has 6 nitrogen and oxygen atoms in total. The molecule has 1 amide bonds. The van der Waals surface area contributed by atoms with Crippen LogP contribution >= 0.6 is 11.8 Å². The molecule has 1 aliphatic rings. The highest BCUT2D eigenvalue weighted by molar-refractivity contribution is 8.00. The van der Waals surface area contributed by atoms with Gasteiger partial charge in [-0.2, -0.15) is 0 Å². The normalized spacial score (nSPS) is 14.1. The number of hydrogen-bond donors (Lipinski definition) is 0. The van der Waals surface area contributed by atoms with Crippen LogP contribution < -0.4 is 18.9 Å². The van der Waals surface area contributed by atoms with Crippen LogP contribution in [0, 0.1) is 0 Å². The Hall–Kier alpha value is -2.54. The van der Waals surface area contributed by atoms with E-state index in [1.807, 2.05) is 34.9 Å². The molecule has 0 saturated carbocycles. The van der Waals surface area contributed by atoms with Crippen molar-refractivity contribution in [1.82, 2.24) is 4.90 Å². The Labute approximate surface area is 220 Å². The number of unbranched alkanes of at least 4 members (excludes halogenated alkanes) is 1. The van der Waals surface area contributed by atoms with Gasteiger partial charge < -0.3 is 23.8 Å². The summed E-state index contributed by atoms with van der Waals surface area (Å²) in [4.78, 5) is 15.0. The van der Waals surface area contributed by atoms with Gasteiger partial charge in [-0.1, -0.05) is 33.3 Å². The fourth-order valence-electron chi connectivity index (χ4n) is 4.63. The average molecular weight is 516 g/mol. The molecule has 3 rings (SSSR count). The van der Waals surface area contributed by atoms with Gasteiger partial charge in [0.2, 0.25) is 5.91 Å². The van der Waals surface area contributed by atoms with Gasteiger partial charge in [0.05, 0.1) is 28.4 Å². The van der Waals surface area contributed by atoms with Crippen molar-refractivity contribution in [1.29, 1.82) is 0 Å². The summed E-state index contributed by atoms with van der Waals surface area (Å²) < 4.78 is 22.0. The van der Waals surface area contributed by atoms with Crippen LogP contribution in [0.3, 0.4) is 0 Å². The first-order valence-electron chi connectivity index (χ1n) is 12.6. The van der Waals surface area contributed by atoms with Crippen molar-refractivity contribution < 1.29 is 23.7 Å². The quantitative estimate of drug-likeness (QED) is 0.321. The zero-order chi connectivity index (χ0) is 26.3. The highest BCUT2D eigenvalue weighted by Crippen LogP contribution is 2.44. The highest BCUT2D eigenvalue weighted by atomic mass is 32.2. The lowest BCUT2D eigenvalue weighted by atomic mass is 9.98. The van der Waals surface area contributed by atoms with E-state index in [1.54, 1.807) is 28.4 Å². The van der Waals surface area contributed by atoms with E-state index in [2.05, 4.69) is 32.9 Å². The fraction of sp³-hybridized carbons (Fsp3) is 0.552. The van der Waals surface area contributed by atoms with Gasteiger partial charge in [-0.25, -0.2) is 0 Å². The van der Waals surface area contributed by atoms with Gasteiger partial charge in [-0.15, -0.1) is 11.8 Å². The minimum absolute atomic E-state index is 0.124. The number of thioether (sulfide) groups is 1. The Morgan fingerprint density at radius 1 is 0.889 bits per heavy atom. The molecule has 0 N–H and O–H groups in total. The number of methoxy groups -OCH3 is 4. The Kier molecular flexibility index (Phi) is 9.83. The van der Waals surface area contributed by atoms with Crippen LogP contribution in [0.25, 0.3) is 0 Å². The molecular formula is C29H41NO5S. The predicted octanol–water partition coefficient (Wildman–Crippen LogP) is 6.44. The van der Waals surface area contributed by atoms with Crippen molar-refractivity contribution in [2.75, 3.05) is 35.0 Å². The standard InChI is InChI=1S/C29H41NO5S/c1-29(2,3)36-27(21-12-13-23(32-4)24(17-21)33-5)10-8-9-11-28(31)30-15-14-20-16-25(34-6)26(35-7)18-22(20)19-30/h12-13,16-18,27H,8-11,14-15,19H2,1-7H3. The van der Waals surface area contributed by atoms with Crippen molar-refractivity contribution in [2.45, 2.75) is 69.4 Å². The van der Waals surface area contributed by atoms with Crippen molar-refractivity contribution in [3.63, 3.8) is 0 Å². The van der Waals surface area contributed by atoms with Gasteiger partial charge in [0.1, 0.15) is 0 Å². The number of nitrogens with zero attached hydrogens (tertiary/aromatic N) is 1. The minimum atomic E-state index is 0.124. The smallest absolute Gasteiger partial charge is 0.222 e. The van der Waals surface area contributed by atoms with Crippen LogP contribution in [0.15, 0.2) is 30.3 Å². The maximum absolute atomic E-state index is 13.0. The lowest BCUT2D eigenvalue weighted by molar-refractivity contribution is -0.132. The van der Waals surface area contributed by atoms with Crippen LogP contribution in [0.5, 0.6) is 23.0 Å². The first kappa shape index (κ1) is 28.0. The van der Waals surface area contributed by atoms with E-state index in [0.717, 1.165) is 55.0 Å². The molecule has 36 heavy (non-hydrogen) atoms. The third-order valence-corrected chi connectivity index (χ3v) is 7.95. The molecule has 1 unspecified atom stereocenters. The summed E-state index contributed by atoms with van der Waals surface area (Å²) >= 11 is 1.96. The topological polar surface area (TPSA) is 57.2 Å². The number of amides is 1. The number of rotatable bonds is 11. The second-order valence-electron chi connectivity index (χ2n) is 10.1. The Bertz CT molecular complexity index is 1030. The zero-order valence-corrected chi connectivity index (χ0v) is 23.6. The van der Waals surface area contributed by atoms with E-state index in [1.165, 1.54) is 11.1 Å². The first-order chi connectivity index (χ1) is 17.2. The number of benzene rings is 2. The molecule has 0 radical (unpaired) electrons. The summed E-state index contributed by atoms with van der Waals surface area (Å²) in [5.41, 5.74) is 3.60. The largest absolute Gasteiger partial charge is 0.493 e. The van der Waals surface area contributed by atoms with E-state index in [4.69, 9.17) is 18.9 Å². The predicted molar refractivity (Wildman–Crippen MR) is 147 cm³/mol.